The monoisotopic (exact) mass is 864 g/mol. The van der Waals surface area contributed by atoms with Gasteiger partial charge in [0.2, 0.25) is 0 Å². The predicted molar refractivity (Wildman–Crippen MR) is 232 cm³/mol. The molecule has 18 heteroatoms. The maximum atomic E-state index is 15.3. The molecule has 8 aromatic rings. The smallest absolute Gasteiger partial charge is 0.159 e. The van der Waals surface area contributed by atoms with Crippen LogP contribution < -0.4 is 20.1 Å². The fourth-order valence-electron chi connectivity index (χ4n) is 9.50. The van der Waals surface area contributed by atoms with Crippen molar-refractivity contribution in [3.8, 4) is 33.8 Å². The summed E-state index contributed by atoms with van der Waals surface area (Å²) in [5.74, 6) is 4.59. The summed E-state index contributed by atoms with van der Waals surface area (Å²) in [6, 6.07) is 10.2. The lowest BCUT2D eigenvalue weighted by atomic mass is 9.97. The fourth-order valence-corrected chi connectivity index (χ4v) is 9.50. The van der Waals surface area contributed by atoms with Crippen LogP contribution in [0.5, 0.6) is 11.5 Å². The quantitative estimate of drug-likeness (QED) is 0.129. The molecule has 12 rings (SSSR count). The third-order valence-electron chi connectivity index (χ3n) is 12.4. The van der Waals surface area contributed by atoms with Crippen LogP contribution in [-0.4, -0.2) is 73.4 Å². The first kappa shape index (κ1) is 39.7. The summed E-state index contributed by atoms with van der Waals surface area (Å²) in [4.78, 5) is 35.4. The normalized spacial score (nSPS) is 18.9. The Balaban J connectivity index is 0.000000143. The van der Waals surface area contributed by atoms with E-state index in [4.69, 9.17) is 19.4 Å². The average Bonchev–Trinajstić information content (AvgIpc) is 3.99. The van der Waals surface area contributed by atoms with Gasteiger partial charge >= 0.3 is 0 Å². The van der Waals surface area contributed by atoms with Crippen LogP contribution in [0.2, 0.25) is 0 Å². The number of imidazole rings is 2. The van der Waals surface area contributed by atoms with Crippen molar-refractivity contribution in [1.29, 1.82) is 0 Å². The van der Waals surface area contributed by atoms with Crippen LogP contribution in [0, 0.1) is 11.6 Å². The highest BCUT2D eigenvalue weighted by Gasteiger charge is 2.44. The van der Waals surface area contributed by atoms with E-state index < -0.39 is 17.0 Å². The SMILES string of the molecule is COc1ccnc2c1[C@H]1C[C@@H](N2)c2nc3cc(-c4cnc(C(C)(C)O)nc4)c(F)cc3n21.COc1ccnc2c1[C@H]1C[C@@H](N2)c2nc3cc(F)c(-c4cnc(C(C)(C)O)nc4)cc3n21. The number of hydrogen-bond acceptors (Lipinski definition) is 14. The number of anilines is 2. The molecule has 0 spiro atoms. The largest absolute Gasteiger partial charge is 0.496 e. The van der Waals surface area contributed by atoms with E-state index in [0.717, 1.165) is 69.8 Å². The van der Waals surface area contributed by atoms with Gasteiger partial charge in [0.05, 0.1) is 71.6 Å². The average molecular weight is 865 g/mol. The first-order chi connectivity index (χ1) is 30.7. The molecule has 6 aromatic heterocycles. The Labute approximate surface area is 364 Å². The maximum absolute atomic E-state index is 15.3. The lowest BCUT2D eigenvalue weighted by molar-refractivity contribution is 0.0682. The number of aromatic nitrogens is 10. The number of methoxy groups -OCH3 is 2. The summed E-state index contributed by atoms with van der Waals surface area (Å²) in [5.41, 5.74) is 4.28. The zero-order chi connectivity index (χ0) is 44.4. The number of rotatable bonds is 6. The summed E-state index contributed by atoms with van der Waals surface area (Å²) in [7, 11) is 3.29. The third-order valence-corrected chi connectivity index (χ3v) is 12.4. The van der Waals surface area contributed by atoms with Gasteiger partial charge in [0, 0.05) is 84.4 Å². The second-order valence-electron chi connectivity index (χ2n) is 17.5. The Morgan fingerprint density at radius 1 is 0.609 bits per heavy atom. The van der Waals surface area contributed by atoms with Crippen LogP contribution in [0.1, 0.15) is 99.1 Å². The Bertz CT molecular complexity index is 3180. The van der Waals surface area contributed by atoms with Gasteiger partial charge in [0.15, 0.2) is 11.6 Å². The number of nitrogens with one attached hydrogen (secondary N) is 2. The molecule has 0 radical (unpaired) electrons. The van der Waals surface area contributed by atoms with Crippen molar-refractivity contribution < 1.29 is 28.5 Å². The molecule has 0 unspecified atom stereocenters. The van der Waals surface area contributed by atoms with Crippen LogP contribution in [0.15, 0.2) is 73.6 Å². The second kappa shape index (κ2) is 14.2. The van der Waals surface area contributed by atoms with Crippen molar-refractivity contribution in [2.45, 2.75) is 75.9 Å². The van der Waals surface area contributed by atoms with Gasteiger partial charge in [-0.1, -0.05) is 0 Å². The van der Waals surface area contributed by atoms with E-state index in [1.807, 2.05) is 12.1 Å². The second-order valence-corrected chi connectivity index (χ2v) is 17.5. The Kier molecular flexibility index (Phi) is 8.78. The summed E-state index contributed by atoms with van der Waals surface area (Å²) in [6.45, 7) is 6.43. The lowest BCUT2D eigenvalue weighted by Crippen LogP contribution is -2.19. The van der Waals surface area contributed by atoms with Gasteiger partial charge < -0.3 is 39.5 Å². The van der Waals surface area contributed by atoms with Crippen molar-refractivity contribution in [3.05, 3.63) is 120 Å². The molecule has 0 amide bonds. The molecular formula is C46H42F2N12O4. The number of pyridine rings is 2. The van der Waals surface area contributed by atoms with E-state index in [1.54, 1.807) is 66.4 Å². The Hall–Kier alpha value is -7.18. The standard InChI is InChI=1S/2C23H21FN6O2/c1-23(2,31)22-26-9-11(10-27-22)12-6-16-14(7-13(12)24)29-21-15-8-17(30(16)21)19-18(32-3)4-5-25-20(19)28-15;1-23(2,31)22-26-9-11(10-27-22)12-6-14-16(7-13(12)24)30-17-8-15(21(30)29-14)28-20-19(17)18(32-3)4-5-25-20/h2*4-7,9-10,15,17,31H,8H2,1-3H3,(H,25,28)/t2*15-,17-/m11/s1. The number of benzene rings is 2. The molecule has 4 aliphatic rings. The highest BCUT2D eigenvalue weighted by Crippen LogP contribution is 2.53. The maximum Gasteiger partial charge on any atom is 0.159 e. The first-order valence-corrected chi connectivity index (χ1v) is 20.8. The predicted octanol–water partition coefficient (Wildman–Crippen LogP) is 7.45. The Morgan fingerprint density at radius 2 is 1.03 bits per heavy atom. The van der Waals surface area contributed by atoms with Crippen molar-refractivity contribution in [2.24, 2.45) is 0 Å². The van der Waals surface area contributed by atoms with E-state index in [0.29, 0.717) is 33.3 Å². The number of fused-ring (bicyclic) bond motifs is 18. The van der Waals surface area contributed by atoms with E-state index in [2.05, 4.69) is 49.7 Å². The molecule has 10 heterocycles. The van der Waals surface area contributed by atoms with Crippen molar-refractivity contribution >= 4 is 33.7 Å². The molecule has 4 bridgehead atoms. The summed E-state index contributed by atoms with van der Waals surface area (Å²) in [6.07, 6.45) is 11.2. The van der Waals surface area contributed by atoms with Crippen LogP contribution in [0.25, 0.3) is 44.3 Å². The molecular weight excluding hydrogens is 823 g/mol. The molecule has 324 valence electrons. The van der Waals surface area contributed by atoms with Gasteiger partial charge in [0.1, 0.15) is 57.6 Å². The minimum atomic E-state index is -1.17. The molecule has 4 atom stereocenters. The fraction of sp³-hybridized carbons (Fsp3) is 0.304. The van der Waals surface area contributed by atoms with E-state index in [-0.39, 0.29) is 41.6 Å². The molecule has 0 saturated heterocycles. The number of aliphatic hydroxyl groups is 2. The number of halogens is 2. The molecule has 0 aliphatic carbocycles. The van der Waals surface area contributed by atoms with Crippen molar-refractivity contribution in [1.82, 2.24) is 49.0 Å². The summed E-state index contributed by atoms with van der Waals surface area (Å²) in [5, 5.41) is 27.1. The minimum Gasteiger partial charge on any atom is -0.496 e. The molecule has 0 fully saturated rings. The van der Waals surface area contributed by atoms with Gasteiger partial charge in [-0.15, -0.1) is 0 Å². The minimum absolute atomic E-state index is 0.000389. The van der Waals surface area contributed by atoms with Crippen LogP contribution in [0.4, 0.5) is 20.4 Å². The van der Waals surface area contributed by atoms with Gasteiger partial charge in [-0.2, -0.15) is 0 Å². The van der Waals surface area contributed by atoms with Gasteiger partial charge in [-0.05, 0) is 52.0 Å². The topological polar surface area (TPSA) is 196 Å². The Morgan fingerprint density at radius 3 is 1.48 bits per heavy atom. The van der Waals surface area contributed by atoms with Crippen molar-refractivity contribution in [2.75, 3.05) is 24.9 Å². The van der Waals surface area contributed by atoms with E-state index in [1.165, 1.54) is 36.9 Å². The van der Waals surface area contributed by atoms with Crippen LogP contribution in [-0.2, 0) is 11.2 Å². The third kappa shape index (κ3) is 6.14. The summed E-state index contributed by atoms with van der Waals surface area (Å²) < 4.78 is 45.7. The number of nitrogens with zero attached hydrogens (tertiary/aromatic N) is 10. The molecule has 4 N–H and O–H groups in total. The molecule has 2 aromatic carbocycles. The van der Waals surface area contributed by atoms with Gasteiger partial charge in [-0.3, -0.25) is 0 Å². The molecule has 4 aliphatic heterocycles. The summed E-state index contributed by atoms with van der Waals surface area (Å²) >= 11 is 0. The van der Waals surface area contributed by atoms with Crippen LogP contribution in [0.3, 0.4) is 0 Å². The molecule has 16 nitrogen and oxygen atoms in total. The zero-order valence-corrected chi connectivity index (χ0v) is 35.6. The highest BCUT2D eigenvalue weighted by molar-refractivity contribution is 5.85. The van der Waals surface area contributed by atoms with E-state index in [9.17, 15) is 10.2 Å². The molecule has 64 heavy (non-hydrogen) atoms. The lowest BCUT2D eigenvalue weighted by Gasteiger charge is -2.25. The van der Waals surface area contributed by atoms with E-state index >= 15 is 8.78 Å². The van der Waals surface area contributed by atoms with Crippen LogP contribution >= 0.6 is 0 Å². The molecule has 0 saturated carbocycles. The first-order valence-electron chi connectivity index (χ1n) is 20.8. The van der Waals surface area contributed by atoms with Gasteiger partial charge in [0.25, 0.3) is 0 Å². The van der Waals surface area contributed by atoms with Crippen molar-refractivity contribution in [3.63, 3.8) is 0 Å². The number of ether oxygens (including phenoxy) is 2. The van der Waals surface area contributed by atoms with Gasteiger partial charge in [-0.25, -0.2) is 48.7 Å². The number of hydrogen-bond donors (Lipinski definition) is 4. The highest BCUT2D eigenvalue weighted by atomic mass is 19.1. The zero-order valence-electron chi connectivity index (χ0n) is 35.6.